The summed E-state index contributed by atoms with van der Waals surface area (Å²) in [7, 11) is 0. The smallest absolute Gasteiger partial charge is 0.289 e. The summed E-state index contributed by atoms with van der Waals surface area (Å²) < 4.78 is 5.19. The summed E-state index contributed by atoms with van der Waals surface area (Å²) in [5.74, 6) is 0.114. The van der Waals surface area contributed by atoms with E-state index in [9.17, 15) is 9.59 Å². The van der Waals surface area contributed by atoms with E-state index in [4.69, 9.17) is 4.42 Å². The molecular formula is C22H28N2O3. The first kappa shape index (κ1) is 19.2. The monoisotopic (exact) mass is 368 g/mol. The zero-order chi connectivity index (χ0) is 19.2. The summed E-state index contributed by atoms with van der Waals surface area (Å²) in [6, 6.07) is 9.87. The number of carbonyl (C=O) groups is 2. The lowest BCUT2D eigenvalue weighted by molar-refractivity contribution is -0.126. The third kappa shape index (κ3) is 5.00. The number of furan rings is 1. The molecule has 1 fully saturated rings. The van der Waals surface area contributed by atoms with Gasteiger partial charge in [0.15, 0.2) is 5.76 Å². The summed E-state index contributed by atoms with van der Waals surface area (Å²) >= 11 is 0. The van der Waals surface area contributed by atoms with E-state index in [1.54, 1.807) is 17.0 Å². The van der Waals surface area contributed by atoms with Crippen LogP contribution in [0.5, 0.6) is 0 Å². The molecule has 0 saturated carbocycles. The van der Waals surface area contributed by atoms with Crippen LogP contribution in [0, 0.1) is 19.8 Å². The van der Waals surface area contributed by atoms with E-state index in [-0.39, 0.29) is 17.7 Å². The van der Waals surface area contributed by atoms with Crippen molar-refractivity contribution in [1.82, 2.24) is 10.2 Å². The molecule has 1 atom stereocenters. The lowest BCUT2D eigenvalue weighted by Gasteiger charge is -2.31. The molecule has 0 bridgehead atoms. The van der Waals surface area contributed by atoms with Crippen molar-refractivity contribution >= 4 is 11.8 Å². The van der Waals surface area contributed by atoms with Crippen molar-refractivity contribution in [2.45, 2.75) is 39.5 Å². The van der Waals surface area contributed by atoms with Gasteiger partial charge in [0.1, 0.15) is 0 Å². The van der Waals surface area contributed by atoms with Crippen LogP contribution in [0.25, 0.3) is 0 Å². The number of likely N-dealkylation sites (tertiary alicyclic amines) is 1. The zero-order valence-corrected chi connectivity index (χ0v) is 16.2. The van der Waals surface area contributed by atoms with Crippen LogP contribution < -0.4 is 5.32 Å². The average molecular weight is 368 g/mol. The van der Waals surface area contributed by atoms with Gasteiger partial charge in [-0.15, -0.1) is 0 Å². The highest BCUT2D eigenvalue weighted by molar-refractivity contribution is 5.92. The van der Waals surface area contributed by atoms with E-state index in [1.165, 1.54) is 23.0 Å². The van der Waals surface area contributed by atoms with Gasteiger partial charge in [-0.3, -0.25) is 9.59 Å². The van der Waals surface area contributed by atoms with E-state index in [2.05, 4.69) is 37.4 Å². The molecule has 3 rings (SSSR count). The molecule has 0 unspecified atom stereocenters. The lowest BCUT2D eigenvalue weighted by atomic mass is 9.96. The number of piperidine rings is 1. The Balaban J connectivity index is 1.44. The molecule has 5 nitrogen and oxygen atoms in total. The van der Waals surface area contributed by atoms with Gasteiger partial charge < -0.3 is 14.6 Å². The van der Waals surface area contributed by atoms with Gasteiger partial charge >= 0.3 is 0 Å². The van der Waals surface area contributed by atoms with Crippen LogP contribution in [0.2, 0.25) is 0 Å². The van der Waals surface area contributed by atoms with Crippen LogP contribution in [-0.4, -0.2) is 36.3 Å². The first-order valence-electron chi connectivity index (χ1n) is 9.71. The van der Waals surface area contributed by atoms with Crippen molar-refractivity contribution in [3.63, 3.8) is 0 Å². The number of rotatable bonds is 6. The van der Waals surface area contributed by atoms with Crippen LogP contribution in [0.3, 0.4) is 0 Å². The van der Waals surface area contributed by atoms with Gasteiger partial charge in [-0.2, -0.15) is 0 Å². The van der Waals surface area contributed by atoms with Crippen molar-refractivity contribution in [2.75, 3.05) is 19.6 Å². The fourth-order valence-corrected chi connectivity index (χ4v) is 3.69. The molecule has 27 heavy (non-hydrogen) atoms. The van der Waals surface area contributed by atoms with E-state index >= 15 is 0 Å². The van der Waals surface area contributed by atoms with E-state index in [1.807, 2.05) is 0 Å². The van der Waals surface area contributed by atoms with Crippen LogP contribution in [0.1, 0.15) is 46.5 Å². The standard InChI is InChI=1S/C22H28N2O3/c1-16-9-10-18(17(2)14-16)6-3-11-23-21(25)19-7-4-12-24(15-19)22(26)20-8-5-13-27-20/h5,8-10,13-14,19H,3-4,6-7,11-12,15H2,1-2H3,(H,23,25)/t19-/m1/s1. The van der Waals surface area contributed by atoms with Crippen molar-refractivity contribution in [3.8, 4) is 0 Å². The zero-order valence-electron chi connectivity index (χ0n) is 16.2. The van der Waals surface area contributed by atoms with E-state index < -0.39 is 0 Å². The predicted octanol–water partition coefficient (Wildman–Crippen LogP) is 3.50. The molecule has 2 aromatic rings. The minimum Gasteiger partial charge on any atom is -0.459 e. The molecule has 5 heteroatoms. The molecule has 1 N–H and O–H groups in total. The summed E-state index contributed by atoms with van der Waals surface area (Å²) in [4.78, 5) is 26.6. The Morgan fingerprint density at radius 2 is 2.11 bits per heavy atom. The van der Waals surface area contributed by atoms with Crippen molar-refractivity contribution in [2.24, 2.45) is 5.92 Å². The first-order valence-corrected chi connectivity index (χ1v) is 9.71. The fourth-order valence-electron chi connectivity index (χ4n) is 3.69. The average Bonchev–Trinajstić information content (AvgIpc) is 3.20. The van der Waals surface area contributed by atoms with Crippen molar-refractivity contribution in [1.29, 1.82) is 0 Å². The minimum absolute atomic E-state index is 0.0487. The minimum atomic E-state index is -0.140. The predicted molar refractivity (Wildman–Crippen MR) is 105 cm³/mol. The number of amides is 2. The Morgan fingerprint density at radius 1 is 1.26 bits per heavy atom. The second-order valence-electron chi connectivity index (χ2n) is 7.39. The van der Waals surface area contributed by atoms with Crippen LogP contribution in [0.15, 0.2) is 41.0 Å². The summed E-state index contributed by atoms with van der Waals surface area (Å²) in [6.07, 6.45) is 5.03. The third-order valence-corrected chi connectivity index (χ3v) is 5.23. The van der Waals surface area contributed by atoms with Crippen molar-refractivity contribution in [3.05, 3.63) is 59.0 Å². The summed E-state index contributed by atoms with van der Waals surface area (Å²) in [5.41, 5.74) is 3.92. The van der Waals surface area contributed by atoms with E-state index in [0.717, 1.165) is 25.7 Å². The van der Waals surface area contributed by atoms with Gasteiger partial charge in [0.2, 0.25) is 5.91 Å². The third-order valence-electron chi connectivity index (χ3n) is 5.23. The number of aryl methyl sites for hydroxylation is 3. The first-order chi connectivity index (χ1) is 13.0. The topological polar surface area (TPSA) is 62.6 Å². The molecule has 0 radical (unpaired) electrons. The largest absolute Gasteiger partial charge is 0.459 e. The normalized spacial score (nSPS) is 17.0. The highest BCUT2D eigenvalue weighted by atomic mass is 16.3. The number of hydrogen-bond donors (Lipinski definition) is 1. The number of carbonyl (C=O) groups excluding carboxylic acids is 2. The SMILES string of the molecule is Cc1ccc(CCCNC(=O)[C@@H]2CCCN(C(=O)c3ccco3)C2)c(C)c1. The van der Waals surface area contributed by atoms with Crippen LogP contribution >= 0.6 is 0 Å². The Morgan fingerprint density at radius 3 is 2.85 bits per heavy atom. The maximum atomic E-state index is 12.5. The molecule has 2 heterocycles. The summed E-state index contributed by atoms with van der Waals surface area (Å²) in [6.45, 7) is 6.03. The van der Waals surface area contributed by atoms with Crippen LogP contribution in [-0.2, 0) is 11.2 Å². The molecule has 2 amide bonds. The summed E-state index contributed by atoms with van der Waals surface area (Å²) in [5, 5.41) is 3.05. The molecule has 0 spiro atoms. The maximum Gasteiger partial charge on any atom is 0.289 e. The molecule has 1 aliphatic rings. The molecule has 0 aliphatic carbocycles. The molecule has 1 saturated heterocycles. The van der Waals surface area contributed by atoms with Gasteiger partial charge in [-0.25, -0.2) is 0 Å². The van der Waals surface area contributed by atoms with E-state index in [0.29, 0.717) is 25.4 Å². The molecule has 1 aromatic carbocycles. The maximum absolute atomic E-state index is 12.5. The van der Waals surface area contributed by atoms with Gasteiger partial charge in [0.25, 0.3) is 5.91 Å². The van der Waals surface area contributed by atoms with Crippen LogP contribution in [0.4, 0.5) is 0 Å². The number of hydrogen-bond acceptors (Lipinski definition) is 3. The van der Waals surface area contributed by atoms with Crippen molar-refractivity contribution < 1.29 is 14.0 Å². The number of benzene rings is 1. The molecule has 1 aromatic heterocycles. The lowest BCUT2D eigenvalue weighted by Crippen LogP contribution is -2.45. The second kappa shape index (κ2) is 8.89. The molecule has 144 valence electrons. The highest BCUT2D eigenvalue weighted by Gasteiger charge is 2.29. The Kier molecular flexibility index (Phi) is 6.32. The number of nitrogens with one attached hydrogen (secondary N) is 1. The van der Waals surface area contributed by atoms with Gasteiger partial charge in [0, 0.05) is 19.6 Å². The molecular weight excluding hydrogens is 340 g/mol. The second-order valence-corrected chi connectivity index (χ2v) is 7.39. The van der Waals surface area contributed by atoms with Gasteiger partial charge in [-0.1, -0.05) is 23.8 Å². The Labute approximate surface area is 160 Å². The fraction of sp³-hybridized carbons (Fsp3) is 0.455. The van der Waals surface area contributed by atoms with Gasteiger partial charge in [-0.05, 0) is 62.8 Å². The quantitative estimate of drug-likeness (QED) is 0.794. The van der Waals surface area contributed by atoms with Gasteiger partial charge in [0.05, 0.1) is 12.2 Å². The highest BCUT2D eigenvalue weighted by Crippen LogP contribution is 2.19. The molecule has 1 aliphatic heterocycles. The number of nitrogens with zero attached hydrogens (tertiary/aromatic N) is 1. The Hall–Kier alpha value is -2.56. The Bertz CT molecular complexity index is 783.